The van der Waals surface area contributed by atoms with Gasteiger partial charge in [0.25, 0.3) is 5.91 Å². The van der Waals surface area contributed by atoms with Gasteiger partial charge in [0.05, 0.1) is 18.8 Å². The molecule has 3 heterocycles. The van der Waals surface area contributed by atoms with E-state index in [2.05, 4.69) is 10.1 Å². The number of morpholine rings is 1. The highest BCUT2D eigenvalue weighted by Gasteiger charge is 2.40. The molecule has 0 aromatic carbocycles. The van der Waals surface area contributed by atoms with Crippen LogP contribution in [0.15, 0.2) is 24.4 Å². The lowest BCUT2D eigenvalue weighted by Crippen LogP contribution is -2.54. The summed E-state index contributed by atoms with van der Waals surface area (Å²) >= 11 is 0. The largest absolute Gasteiger partial charge is 0.479 e. The van der Waals surface area contributed by atoms with Gasteiger partial charge in [-0.15, -0.1) is 5.10 Å². The van der Waals surface area contributed by atoms with Crippen LogP contribution in [0, 0.1) is 6.92 Å². The Morgan fingerprint density at radius 1 is 1.39 bits per heavy atom. The molecule has 0 aliphatic carbocycles. The smallest absolute Gasteiger partial charge is 0.433 e. The lowest BCUT2D eigenvalue weighted by Gasteiger charge is -2.31. The molecule has 1 amide bonds. The number of anilines is 1. The number of aryl methyl sites for hydroxylation is 1. The minimum atomic E-state index is -4.62. The third-order valence-electron chi connectivity index (χ3n) is 4.09. The van der Waals surface area contributed by atoms with E-state index in [-0.39, 0.29) is 24.7 Å². The first-order valence-corrected chi connectivity index (χ1v) is 8.03. The van der Waals surface area contributed by atoms with Crippen molar-refractivity contribution in [3.8, 4) is 5.69 Å². The molecular weight excluding hydrogens is 385 g/mol. The van der Waals surface area contributed by atoms with Gasteiger partial charge in [-0.05, 0) is 19.1 Å². The zero-order valence-electron chi connectivity index (χ0n) is 14.4. The van der Waals surface area contributed by atoms with Gasteiger partial charge < -0.3 is 14.9 Å². The molecule has 9 nitrogen and oxygen atoms in total. The second kappa shape index (κ2) is 7.20. The molecule has 0 bridgehead atoms. The zero-order valence-corrected chi connectivity index (χ0v) is 14.4. The van der Waals surface area contributed by atoms with Crippen molar-refractivity contribution in [2.75, 3.05) is 18.1 Å². The van der Waals surface area contributed by atoms with E-state index >= 15 is 0 Å². The normalized spacial score (nSPS) is 19.0. The second-order valence-electron chi connectivity index (χ2n) is 6.02. The van der Waals surface area contributed by atoms with Crippen molar-refractivity contribution in [1.29, 1.82) is 0 Å². The van der Waals surface area contributed by atoms with Crippen LogP contribution in [-0.2, 0) is 20.5 Å². The summed E-state index contributed by atoms with van der Waals surface area (Å²) in [4.78, 5) is 27.8. The van der Waals surface area contributed by atoms with E-state index in [4.69, 9.17) is 9.84 Å². The van der Waals surface area contributed by atoms with Crippen LogP contribution in [-0.4, -0.2) is 62.2 Å². The van der Waals surface area contributed by atoms with Crippen molar-refractivity contribution < 1.29 is 37.7 Å². The molecule has 28 heavy (non-hydrogen) atoms. The van der Waals surface area contributed by atoms with Gasteiger partial charge in [-0.3, -0.25) is 14.7 Å². The molecule has 12 heteroatoms. The van der Waals surface area contributed by atoms with Gasteiger partial charge in [-0.25, -0.2) is 9.48 Å². The van der Waals surface area contributed by atoms with Gasteiger partial charge in [0, 0.05) is 18.0 Å². The van der Waals surface area contributed by atoms with E-state index in [9.17, 15) is 27.9 Å². The highest BCUT2D eigenvalue weighted by molar-refractivity contribution is 5.99. The van der Waals surface area contributed by atoms with Crippen LogP contribution in [0.4, 0.5) is 19.0 Å². The number of carbonyl (C=O) groups is 2. The quantitative estimate of drug-likeness (QED) is 0.778. The van der Waals surface area contributed by atoms with Crippen molar-refractivity contribution >= 4 is 17.7 Å². The van der Waals surface area contributed by atoms with Crippen LogP contribution in [0.3, 0.4) is 0 Å². The van der Waals surface area contributed by atoms with Crippen molar-refractivity contribution in [2.45, 2.75) is 25.3 Å². The number of pyridine rings is 1. The number of carboxylic acid groups (broad SMARTS) is 1. The fourth-order valence-electron chi connectivity index (χ4n) is 2.75. The lowest BCUT2D eigenvalue weighted by atomic mass is 10.1. The maximum absolute atomic E-state index is 12.9. The average Bonchev–Trinajstić information content (AvgIpc) is 3.02. The van der Waals surface area contributed by atoms with Gasteiger partial charge in [0.15, 0.2) is 18.0 Å². The molecule has 2 aromatic rings. The van der Waals surface area contributed by atoms with E-state index in [0.717, 1.165) is 17.2 Å². The molecule has 1 aliphatic rings. The summed E-state index contributed by atoms with van der Waals surface area (Å²) in [6.07, 6.45) is -7.28. The fourth-order valence-corrected chi connectivity index (χ4v) is 2.75. The highest BCUT2D eigenvalue weighted by Crippen LogP contribution is 2.29. The van der Waals surface area contributed by atoms with E-state index in [1.165, 1.54) is 16.8 Å². The van der Waals surface area contributed by atoms with Crippen molar-refractivity contribution in [2.24, 2.45) is 0 Å². The first-order valence-electron chi connectivity index (χ1n) is 8.03. The maximum Gasteiger partial charge on any atom is 0.433 e. The molecule has 1 aliphatic heterocycles. The fraction of sp³-hybridized carbons (Fsp3) is 0.375. The Balaban J connectivity index is 1.92. The monoisotopic (exact) mass is 400 g/mol. The average molecular weight is 400 g/mol. The molecule has 2 atom stereocenters. The molecule has 1 fully saturated rings. The van der Waals surface area contributed by atoms with E-state index in [0.29, 0.717) is 5.69 Å². The van der Waals surface area contributed by atoms with E-state index in [1.54, 1.807) is 6.92 Å². The Bertz CT molecular complexity index is 914. The molecule has 2 N–H and O–H groups in total. The third kappa shape index (κ3) is 3.68. The second-order valence-corrected chi connectivity index (χ2v) is 6.02. The number of ether oxygens (including phenoxy) is 1. The molecule has 1 saturated heterocycles. The molecule has 0 saturated carbocycles. The van der Waals surface area contributed by atoms with Gasteiger partial charge in [-0.1, -0.05) is 0 Å². The summed E-state index contributed by atoms with van der Waals surface area (Å²) in [7, 11) is 0. The minimum absolute atomic E-state index is 0.0415. The molecular formula is C16H15F3N4O5. The number of rotatable bonds is 4. The molecule has 3 rings (SSSR count). The summed E-state index contributed by atoms with van der Waals surface area (Å²) in [5.41, 5.74) is -0.564. The van der Waals surface area contributed by atoms with Crippen LogP contribution in [0.5, 0.6) is 0 Å². The molecule has 0 radical (unpaired) electrons. The Labute approximate surface area is 156 Å². The number of amides is 1. The SMILES string of the molecule is Cc1cc(N2CCO[C@H](C(O)C(=O)O)C2=O)nn1-c1ccnc(C(F)(F)F)c1. The predicted octanol–water partition coefficient (Wildman–Crippen LogP) is 0.772. The zero-order chi connectivity index (χ0) is 20.6. The number of aliphatic hydroxyl groups excluding tert-OH is 1. The molecule has 0 spiro atoms. The minimum Gasteiger partial charge on any atom is -0.479 e. The number of hydrogen-bond acceptors (Lipinski definition) is 6. The topological polar surface area (TPSA) is 118 Å². The van der Waals surface area contributed by atoms with Gasteiger partial charge in [0.2, 0.25) is 0 Å². The number of aliphatic carboxylic acids is 1. The van der Waals surface area contributed by atoms with Crippen LogP contribution in [0.2, 0.25) is 0 Å². The van der Waals surface area contributed by atoms with Crippen molar-refractivity contribution in [3.63, 3.8) is 0 Å². The standard InChI is InChI=1S/C16H15F3N4O5/c1-8-6-11(22-4-5-28-13(14(22)25)12(24)15(26)27)21-23(8)9-2-3-20-10(7-9)16(17,18)19/h2-3,6-7,12-13,24H,4-5H2,1H3,(H,26,27)/t12?,13-/m1/s1. The Morgan fingerprint density at radius 3 is 2.75 bits per heavy atom. The van der Waals surface area contributed by atoms with Crippen LogP contribution in [0.1, 0.15) is 11.4 Å². The molecule has 1 unspecified atom stereocenters. The van der Waals surface area contributed by atoms with Crippen LogP contribution < -0.4 is 4.90 Å². The van der Waals surface area contributed by atoms with Crippen molar-refractivity contribution in [3.05, 3.63) is 35.8 Å². The van der Waals surface area contributed by atoms with Crippen LogP contribution >= 0.6 is 0 Å². The number of aromatic nitrogens is 3. The number of alkyl halides is 3. The summed E-state index contributed by atoms with van der Waals surface area (Å²) in [5, 5.41) is 22.7. The van der Waals surface area contributed by atoms with Crippen LogP contribution in [0.25, 0.3) is 5.69 Å². The third-order valence-corrected chi connectivity index (χ3v) is 4.09. The first-order chi connectivity index (χ1) is 13.1. The van der Waals surface area contributed by atoms with Gasteiger partial charge in [0.1, 0.15) is 5.69 Å². The van der Waals surface area contributed by atoms with E-state index in [1.807, 2.05) is 0 Å². The summed E-state index contributed by atoms with van der Waals surface area (Å²) in [6, 6.07) is 3.61. The predicted molar refractivity (Wildman–Crippen MR) is 86.8 cm³/mol. The number of aliphatic hydroxyl groups is 1. The van der Waals surface area contributed by atoms with Gasteiger partial charge >= 0.3 is 12.1 Å². The lowest BCUT2D eigenvalue weighted by molar-refractivity contribution is -0.163. The first kappa shape index (κ1) is 19.8. The summed E-state index contributed by atoms with van der Waals surface area (Å²) in [6.45, 7) is 1.58. The maximum atomic E-state index is 12.9. The molecule has 2 aromatic heterocycles. The Kier molecular flexibility index (Phi) is 5.08. The van der Waals surface area contributed by atoms with E-state index < -0.39 is 36.0 Å². The number of carboxylic acids is 1. The number of hydrogen-bond donors (Lipinski definition) is 2. The summed E-state index contributed by atoms with van der Waals surface area (Å²) in [5.74, 6) is -2.33. The number of halogens is 3. The number of nitrogens with zero attached hydrogens (tertiary/aromatic N) is 4. The highest BCUT2D eigenvalue weighted by atomic mass is 19.4. The number of carbonyl (C=O) groups excluding carboxylic acids is 1. The molecule has 150 valence electrons. The Hall–Kier alpha value is -2.99. The van der Waals surface area contributed by atoms with Gasteiger partial charge in [-0.2, -0.15) is 13.2 Å². The van der Waals surface area contributed by atoms with Crippen molar-refractivity contribution in [1.82, 2.24) is 14.8 Å². The summed E-state index contributed by atoms with van der Waals surface area (Å²) < 4.78 is 44.9. The Morgan fingerprint density at radius 2 is 2.11 bits per heavy atom.